The van der Waals surface area contributed by atoms with Gasteiger partial charge in [0.25, 0.3) is 0 Å². The molecule has 19 heavy (non-hydrogen) atoms. The molecule has 1 unspecified atom stereocenters. The molecule has 0 aliphatic carbocycles. The monoisotopic (exact) mass is 320 g/mol. The highest BCUT2D eigenvalue weighted by Gasteiger charge is 2.13. The van der Waals surface area contributed by atoms with E-state index in [0.29, 0.717) is 6.61 Å². The summed E-state index contributed by atoms with van der Waals surface area (Å²) < 4.78 is 6.53. The van der Waals surface area contributed by atoms with Crippen LogP contribution >= 0.6 is 15.9 Å². The standard InChI is InChI=1S/C15H17BrN2O/c1-3-19-14-6-4-5-11(8-14)15(17-2)12-7-13(16)10-18-9-12/h4-10,15,17H,3H2,1-2H3. The zero-order valence-electron chi connectivity index (χ0n) is 11.1. The Morgan fingerprint density at radius 3 is 2.79 bits per heavy atom. The summed E-state index contributed by atoms with van der Waals surface area (Å²) >= 11 is 3.46. The van der Waals surface area contributed by atoms with E-state index in [1.165, 1.54) is 0 Å². The lowest BCUT2D eigenvalue weighted by atomic mass is 10.0. The van der Waals surface area contributed by atoms with Crippen molar-refractivity contribution in [1.82, 2.24) is 10.3 Å². The smallest absolute Gasteiger partial charge is 0.119 e. The molecule has 100 valence electrons. The first-order chi connectivity index (χ1) is 9.24. The first kappa shape index (κ1) is 14.0. The molecule has 0 amide bonds. The number of hydrogen-bond acceptors (Lipinski definition) is 3. The van der Waals surface area contributed by atoms with Gasteiger partial charge in [-0.15, -0.1) is 0 Å². The second kappa shape index (κ2) is 6.68. The zero-order chi connectivity index (χ0) is 13.7. The van der Waals surface area contributed by atoms with Crippen molar-refractivity contribution in [2.75, 3.05) is 13.7 Å². The minimum Gasteiger partial charge on any atom is -0.494 e. The van der Waals surface area contributed by atoms with Crippen LogP contribution in [-0.2, 0) is 0 Å². The van der Waals surface area contributed by atoms with Crippen LogP contribution in [0.2, 0.25) is 0 Å². The molecule has 0 saturated heterocycles. The Morgan fingerprint density at radius 2 is 2.11 bits per heavy atom. The molecule has 2 rings (SSSR count). The second-order valence-electron chi connectivity index (χ2n) is 4.16. The average molecular weight is 321 g/mol. The summed E-state index contributed by atoms with van der Waals surface area (Å²) in [5, 5.41) is 3.31. The topological polar surface area (TPSA) is 34.1 Å². The summed E-state index contributed by atoms with van der Waals surface area (Å²) in [5.41, 5.74) is 2.28. The number of nitrogens with one attached hydrogen (secondary N) is 1. The van der Waals surface area contributed by atoms with Gasteiger partial charge in [-0.25, -0.2) is 0 Å². The molecule has 0 spiro atoms. The maximum Gasteiger partial charge on any atom is 0.119 e. The van der Waals surface area contributed by atoms with Gasteiger partial charge in [0.2, 0.25) is 0 Å². The number of halogens is 1. The van der Waals surface area contributed by atoms with Crippen molar-refractivity contribution in [2.45, 2.75) is 13.0 Å². The molecule has 3 nitrogen and oxygen atoms in total. The molecule has 1 aromatic heterocycles. The molecule has 0 fully saturated rings. The van der Waals surface area contributed by atoms with Crippen LogP contribution in [0.1, 0.15) is 24.1 Å². The second-order valence-corrected chi connectivity index (χ2v) is 5.08. The Bertz CT molecular complexity index is 545. The highest BCUT2D eigenvalue weighted by molar-refractivity contribution is 9.10. The highest BCUT2D eigenvalue weighted by atomic mass is 79.9. The van der Waals surface area contributed by atoms with Gasteiger partial charge in [-0.3, -0.25) is 4.98 Å². The van der Waals surface area contributed by atoms with Gasteiger partial charge in [0.1, 0.15) is 5.75 Å². The quantitative estimate of drug-likeness (QED) is 0.914. The summed E-state index contributed by atoms with van der Waals surface area (Å²) in [6, 6.07) is 10.3. The van der Waals surface area contributed by atoms with Crippen molar-refractivity contribution >= 4 is 15.9 Å². The van der Waals surface area contributed by atoms with Gasteiger partial charge in [0.05, 0.1) is 12.6 Å². The van der Waals surface area contributed by atoms with Crippen LogP contribution in [-0.4, -0.2) is 18.6 Å². The van der Waals surface area contributed by atoms with Crippen molar-refractivity contribution in [3.05, 3.63) is 58.3 Å². The highest BCUT2D eigenvalue weighted by Crippen LogP contribution is 2.26. The summed E-state index contributed by atoms with van der Waals surface area (Å²) in [7, 11) is 1.94. The first-order valence-electron chi connectivity index (χ1n) is 6.25. The molecule has 0 aliphatic heterocycles. The fourth-order valence-corrected chi connectivity index (χ4v) is 2.45. The summed E-state index contributed by atoms with van der Waals surface area (Å²) in [6.45, 7) is 2.66. The van der Waals surface area contributed by atoms with Gasteiger partial charge in [0, 0.05) is 16.9 Å². The van der Waals surface area contributed by atoms with Crippen molar-refractivity contribution in [1.29, 1.82) is 0 Å². The Hall–Kier alpha value is -1.39. The SMILES string of the molecule is CCOc1cccc(C(NC)c2cncc(Br)c2)c1. The lowest BCUT2D eigenvalue weighted by molar-refractivity contribution is 0.339. The molecule has 1 aromatic carbocycles. The number of hydrogen-bond donors (Lipinski definition) is 1. The minimum atomic E-state index is 0.102. The number of pyridine rings is 1. The average Bonchev–Trinajstić information content (AvgIpc) is 2.41. The van der Waals surface area contributed by atoms with E-state index in [9.17, 15) is 0 Å². The van der Waals surface area contributed by atoms with E-state index >= 15 is 0 Å². The van der Waals surface area contributed by atoms with Crippen LogP contribution in [0.4, 0.5) is 0 Å². The lowest BCUT2D eigenvalue weighted by Gasteiger charge is -2.18. The van der Waals surface area contributed by atoms with Crippen LogP contribution < -0.4 is 10.1 Å². The van der Waals surface area contributed by atoms with E-state index in [2.05, 4.69) is 44.4 Å². The van der Waals surface area contributed by atoms with Gasteiger partial charge >= 0.3 is 0 Å². The summed E-state index contributed by atoms with van der Waals surface area (Å²) in [4.78, 5) is 4.22. The Kier molecular flexibility index (Phi) is 4.93. The Labute approximate surface area is 122 Å². The van der Waals surface area contributed by atoms with Crippen molar-refractivity contribution < 1.29 is 4.74 Å². The number of rotatable bonds is 5. The van der Waals surface area contributed by atoms with Crippen LogP contribution in [0, 0.1) is 0 Å². The van der Waals surface area contributed by atoms with Gasteiger partial charge in [0.15, 0.2) is 0 Å². The van der Waals surface area contributed by atoms with Gasteiger partial charge < -0.3 is 10.1 Å². The van der Waals surface area contributed by atoms with Crippen LogP contribution in [0.3, 0.4) is 0 Å². The van der Waals surface area contributed by atoms with Gasteiger partial charge in [-0.05, 0) is 59.2 Å². The predicted molar refractivity (Wildman–Crippen MR) is 80.5 cm³/mol. The largest absolute Gasteiger partial charge is 0.494 e. The molecule has 0 bridgehead atoms. The predicted octanol–water partition coefficient (Wildman–Crippen LogP) is 3.55. The van der Waals surface area contributed by atoms with Crippen molar-refractivity contribution in [3.8, 4) is 5.75 Å². The number of nitrogens with zero attached hydrogens (tertiary/aromatic N) is 1. The van der Waals surface area contributed by atoms with Gasteiger partial charge in [-0.2, -0.15) is 0 Å². The maximum atomic E-state index is 5.55. The zero-order valence-corrected chi connectivity index (χ0v) is 12.6. The molecule has 4 heteroatoms. The van der Waals surface area contributed by atoms with E-state index in [1.54, 1.807) is 6.20 Å². The first-order valence-corrected chi connectivity index (χ1v) is 7.04. The van der Waals surface area contributed by atoms with E-state index in [4.69, 9.17) is 4.74 Å². The fraction of sp³-hybridized carbons (Fsp3) is 0.267. The van der Waals surface area contributed by atoms with Crippen molar-refractivity contribution in [2.24, 2.45) is 0 Å². The molecular formula is C15H17BrN2O. The van der Waals surface area contributed by atoms with Crippen molar-refractivity contribution in [3.63, 3.8) is 0 Å². The van der Waals surface area contributed by atoms with Crippen LogP contribution in [0.5, 0.6) is 5.75 Å². The lowest BCUT2D eigenvalue weighted by Crippen LogP contribution is -2.17. The number of aromatic nitrogens is 1. The molecule has 1 heterocycles. The number of ether oxygens (including phenoxy) is 1. The molecule has 1 N–H and O–H groups in total. The maximum absolute atomic E-state index is 5.55. The Balaban J connectivity index is 2.33. The molecule has 0 aliphatic rings. The molecule has 2 aromatic rings. The third-order valence-corrected chi connectivity index (χ3v) is 3.28. The Morgan fingerprint density at radius 1 is 1.26 bits per heavy atom. The fourth-order valence-electron chi connectivity index (χ4n) is 2.06. The summed E-state index contributed by atoms with van der Waals surface area (Å²) in [5.74, 6) is 0.892. The molecule has 1 atom stereocenters. The van der Waals surface area contributed by atoms with E-state index in [1.807, 2.05) is 32.3 Å². The summed E-state index contributed by atoms with van der Waals surface area (Å²) in [6.07, 6.45) is 3.66. The third-order valence-electron chi connectivity index (χ3n) is 2.85. The van der Waals surface area contributed by atoms with Gasteiger partial charge in [-0.1, -0.05) is 12.1 Å². The minimum absolute atomic E-state index is 0.102. The van der Waals surface area contributed by atoms with E-state index in [0.717, 1.165) is 21.3 Å². The van der Waals surface area contributed by atoms with E-state index < -0.39 is 0 Å². The third kappa shape index (κ3) is 3.55. The normalized spacial score (nSPS) is 12.2. The molecule has 0 radical (unpaired) electrons. The van der Waals surface area contributed by atoms with E-state index in [-0.39, 0.29) is 6.04 Å². The van der Waals surface area contributed by atoms with Crippen LogP contribution in [0.25, 0.3) is 0 Å². The number of benzene rings is 1. The van der Waals surface area contributed by atoms with Crippen LogP contribution in [0.15, 0.2) is 47.2 Å². The molecular weight excluding hydrogens is 304 g/mol. The molecule has 0 saturated carbocycles.